The first kappa shape index (κ1) is 26.6. The Morgan fingerprint density at radius 2 is 0.816 bits per heavy atom. The summed E-state index contributed by atoms with van der Waals surface area (Å²) in [6.45, 7) is 0. The molecular weight excluding hydrogens is 591 g/mol. The van der Waals surface area contributed by atoms with Gasteiger partial charge in [-0.1, -0.05) is 158 Å². The van der Waals surface area contributed by atoms with Crippen LogP contribution in [0.1, 0.15) is 0 Å². The van der Waals surface area contributed by atoms with Gasteiger partial charge in [0.15, 0.2) is 0 Å². The zero-order chi connectivity index (χ0) is 32.1. The Labute approximate surface area is 283 Å². The molecule has 0 aliphatic heterocycles. The van der Waals surface area contributed by atoms with E-state index < -0.39 is 0 Å². The average Bonchev–Trinajstić information content (AvgIpc) is 3.70. The molecule has 0 fully saturated rings. The second-order valence-electron chi connectivity index (χ2n) is 13.2. The fraction of sp³-hybridized carbons (Fsp3) is 0. The number of fused-ring (bicyclic) bond motifs is 12. The Kier molecular flexibility index (Phi) is 5.45. The lowest BCUT2D eigenvalue weighted by Gasteiger charge is -2.14. The van der Waals surface area contributed by atoms with Crippen LogP contribution in [0.5, 0.6) is 0 Å². The summed E-state index contributed by atoms with van der Waals surface area (Å²) in [6, 6.07) is 64.8. The minimum atomic E-state index is 1.17. The number of hydrogen-bond donors (Lipinski definition) is 0. The van der Waals surface area contributed by atoms with E-state index in [1.54, 1.807) is 0 Å². The zero-order valence-corrected chi connectivity index (χ0v) is 26.7. The second kappa shape index (κ2) is 10.0. The molecule has 1 aliphatic rings. The molecule has 11 rings (SSSR count). The Bertz CT molecular complexity index is 2960. The molecule has 10 aromatic rings. The molecular formula is C48H29N. The van der Waals surface area contributed by atoms with E-state index in [0.29, 0.717) is 0 Å². The highest BCUT2D eigenvalue weighted by molar-refractivity contribution is 6.38. The predicted molar refractivity (Wildman–Crippen MR) is 209 cm³/mol. The third-order valence-corrected chi connectivity index (χ3v) is 10.7. The lowest BCUT2D eigenvalue weighted by atomic mass is 9.94. The summed E-state index contributed by atoms with van der Waals surface area (Å²) in [5.74, 6) is 0. The van der Waals surface area contributed by atoms with Crippen LogP contribution in [0.25, 0.3) is 104 Å². The maximum absolute atomic E-state index is 2.55. The van der Waals surface area contributed by atoms with Gasteiger partial charge in [0.1, 0.15) is 0 Å². The highest BCUT2D eigenvalue weighted by atomic mass is 15.0. The van der Waals surface area contributed by atoms with Crippen LogP contribution in [-0.4, -0.2) is 4.57 Å². The maximum Gasteiger partial charge on any atom is 0.0626 e. The normalized spacial score (nSPS) is 12.1. The van der Waals surface area contributed by atoms with E-state index in [-0.39, 0.29) is 0 Å². The van der Waals surface area contributed by atoms with Gasteiger partial charge in [0.25, 0.3) is 0 Å². The van der Waals surface area contributed by atoms with Gasteiger partial charge in [-0.2, -0.15) is 0 Å². The molecule has 1 aromatic heterocycles. The third kappa shape index (κ3) is 3.70. The predicted octanol–water partition coefficient (Wildman–Crippen LogP) is 13.2. The minimum absolute atomic E-state index is 1.17. The average molecular weight is 620 g/mol. The van der Waals surface area contributed by atoms with Gasteiger partial charge in [0, 0.05) is 21.8 Å². The summed E-state index contributed by atoms with van der Waals surface area (Å²) in [6.07, 6.45) is 0. The Hall–Kier alpha value is -6.44. The molecule has 1 aliphatic carbocycles. The molecule has 0 N–H and O–H groups in total. The standard InChI is InChI=1S/C48H29N/c1-2-12-30(13-3-1)31-24-26-32(27-25-31)33-14-10-15-34(28-33)49-44-29-43-38-19-5-4-17-36(38)39-22-11-23-42(45(39)43)46(44)47-40-20-8-6-16-35(40)37-18-7-9-21-41(37)48(47)49/h1-29H. The van der Waals surface area contributed by atoms with Crippen LogP contribution in [0.3, 0.4) is 0 Å². The lowest BCUT2D eigenvalue weighted by Crippen LogP contribution is -1.96. The van der Waals surface area contributed by atoms with Crippen molar-refractivity contribution in [1.82, 2.24) is 4.57 Å². The summed E-state index contributed by atoms with van der Waals surface area (Å²) < 4.78 is 2.55. The lowest BCUT2D eigenvalue weighted by molar-refractivity contribution is 1.19. The van der Waals surface area contributed by atoms with Crippen molar-refractivity contribution in [2.45, 2.75) is 0 Å². The van der Waals surface area contributed by atoms with Crippen LogP contribution in [0.4, 0.5) is 0 Å². The smallest absolute Gasteiger partial charge is 0.0626 e. The SMILES string of the molecule is c1ccc(-c2ccc(-c3cccc(-n4c5cc6c7c(cccc7c5c5c7ccccc7c7ccccc7c54)-c4ccccc4-6)c3)cc2)cc1. The maximum atomic E-state index is 2.55. The first-order valence-electron chi connectivity index (χ1n) is 17.0. The van der Waals surface area contributed by atoms with Crippen LogP contribution in [0.2, 0.25) is 0 Å². The van der Waals surface area contributed by atoms with E-state index >= 15 is 0 Å². The Morgan fingerprint density at radius 1 is 0.286 bits per heavy atom. The molecule has 0 amide bonds. The largest absolute Gasteiger partial charge is 0.309 e. The van der Waals surface area contributed by atoms with Gasteiger partial charge in [-0.15, -0.1) is 0 Å². The van der Waals surface area contributed by atoms with Gasteiger partial charge in [-0.25, -0.2) is 0 Å². The van der Waals surface area contributed by atoms with Crippen molar-refractivity contribution in [3.05, 3.63) is 176 Å². The van der Waals surface area contributed by atoms with Gasteiger partial charge in [-0.3, -0.25) is 0 Å². The summed E-state index contributed by atoms with van der Waals surface area (Å²) in [5.41, 5.74) is 13.8. The Morgan fingerprint density at radius 3 is 1.59 bits per heavy atom. The highest BCUT2D eigenvalue weighted by Gasteiger charge is 2.27. The van der Waals surface area contributed by atoms with Crippen molar-refractivity contribution in [2.75, 3.05) is 0 Å². The molecule has 0 saturated carbocycles. The molecule has 0 unspecified atom stereocenters. The van der Waals surface area contributed by atoms with E-state index in [4.69, 9.17) is 0 Å². The zero-order valence-electron chi connectivity index (χ0n) is 26.7. The molecule has 9 aromatic carbocycles. The van der Waals surface area contributed by atoms with Gasteiger partial charge in [0.05, 0.1) is 11.0 Å². The summed E-state index contributed by atoms with van der Waals surface area (Å²) >= 11 is 0. The van der Waals surface area contributed by atoms with Gasteiger partial charge in [-0.05, 0) is 89.6 Å². The second-order valence-corrected chi connectivity index (χ2v) is 13.2. The quantitative estimate of drug-likeness (QED) is 0.173. The van der Waals surface area contributed by atoms with Crippen molar-refractivity contribution in [2.24, 2.45) is 0 Å². The van der Waals surface area contributed by atoms with Gasteiger partial charge < -0.3 is 4.57 Å². The third-order valence-electron chi connectivity index (χ3n) is 10.7. The fourth-order valence-electron chi connectivity index (χ4n) is 8.61. The molecule has 0 spiro atoms. The molecule has 0 atom stereocenters. The molecule has 1 nitrogen and oxygen atoms in total. The van der Waals surface area contributed by atoms with E-state index in [2.05, 4.69) is 180 Å². The van der Waals surface area contributed by atoms with E-state index in [1.807, 2.05) is 0 Å². The molecule has 49 heavy (non-hydrogen) atoms. The minimum Gasteiger partial charge on any atom is -0.309 e. The van der Waals surface area contributed by atoms with Crippen LogP contribution in [0.15, 0.2) is 176 Å². The first-order chi connectivity index (χ1) is 24.3. The molecule has 226 valence electrons. The summed E-state index contributed by atoms with van der Waals surface area (Å²) in [4.78, 5) is 0. The molecule has 0 radical (unpaired) electrons. The first-order valence-corrected chi connectivity index (χ1v) is 17.0. The van der Waals surface area contributed by atoms with Crippen LogP contribution >= 0.6 is 0 Å². The van der Waals surface area contributed by atoms with Gasteiger partial charge >= 0.3 is 0 Å². The summed E-state index contributed by atoms with van der Waals surface area (Å²) in [7, 11) is 0. The van der Waals surface area contributed by atoms with Crippen molar-refractivity contribution in [3.8, 4) is 50.2 Å². The van der Waals surface area contributed by atoms with Crippen LogP contribution < -0.4 is 0 Å². The topological polar surface area (TPSA) is 4.93 Å². The van der Waals surface area contributed by atoms with Crippen molar-refractivity contribution >= 4 is 54.1 Å². The van der Waals surface area contributed by atoms with Gasteiger partial charge in [0.2, 0.25) is 0 Å². The number of rotatable bonds is 3. The van der Waals surface area contributed by atoms with Crippen LogP contribution in [-0.2, 0) is 0 Å². The number of nitrogens with zero attached hydrogens (tertiary/aromatic N) is 1. The number of aromatic nitrogens is 1. The van der Waals surface area contributed by atoms with Crippen molar-refractivity contribution in [1.29, 1.82) is 0 Å². The summed E-state index contributed by atoms with van der Waals surface area (Å²) in [5, 5.41) is 10.5. The van der Waals surface area contributed by atoms with E-state index in [1.165, 1.54) is 104 Å². The monoisotopic (exact) mass is 619 g/mol. The molecule has 0 bridgehead atoms. The van der Waals surface area contributed by atoms with E-state index in [0.717, 1.165) is 0 Å². The Balaban J connectivity index is 1.27. The van der Waals surface area contributed by atoms with E-state index in [9.17, 15) is 0 Å². The number of benzene rings is 9. The molecule has 1 heterocycles. The molecule has 1 heteroatoms. The van der Waals surface area contributed by atoms with Crippen LogP contribution in [0, 0.1) is 0 Å². The fourth-order valence-corrected chi connectivity index (χ4v) is 8.61. The molecule has 0 saturated heterocycles. The van der Waals surface area contributed by atoms with Crippen molar-refractivity contribution < 1.29 is 0 Å². The van der Waals surface area contributed by atoms with Crippen molar-refractivity contribution in [3.63, 3.8) is 0 Å². The highest BCUT2D eigenvalue weighted by Crippen LogP contribution is 2.52. The number of hydrogen-bond acceptors (Lipinski definition) is 0.